The fraction of sp³-hybridized carbons (Fsp3) is 0.286. The lowest BCUT2D eigenvalue weighted by Gasteiger charge is -2.10. The molecule has 4 nitrogen and oxygen atoms in total. The number of thiazole rings is 1. The third-order valence-corrected chi connectivity index (χ3v) is 4.05. The zero-order chi connectivity index (χ0) is 14.5. The van der Waals surface area contributed by atoms with Gasteiger partial charge in [-0.3, -0.25) is 0 Å². The number of hydrogen-bond donors (Lipinski definition) is 1. The summed E-state index contributed by atoms with van der Waals surface area (Å²) in [7, 11) is 1.63. The number of hydrogen-bond acceptors (Lipinski definition) is 5. The van der Waals surface area contributed by atoms with Crippen LogP contribution in [0.2, 0.25) is 0 Å². The maximum Gasteiger partial charge on any atom is 0.161 e. The van der Waals surface area contributed by atoms with E-state index in [1.807, 2.05) is 18.2 Å². The molecule has 1 heterocycles. The molecule has 0 radical (unpaired) electrons. The summed E-state index contributed by atoms with van der Waals surface area (Å²) in [6.45, 7) is 2.73. The summed E-state index contributed by atoms with van der Waals surface area (Å²) < 4.78 is 11.0. The molecule has 2 aromatic rings. The second-order valence-electron chi connectivity index (χ2n) is 4.11. The molecule has 0 saturated heterocycles. The maximum atomic E-state index is 5.63. The first-order chi connectivity index (χ1) is 9.65. The summed E-state index contributed by atoms with van der Waals surface area (Å²) in [5.41, 5.74) is 6.55. The molecule has 2 rings (SSSR count). The van der Waals surface area contributed by atoms with E-state index in [0.717, 1.165) is 27.6 Å². The molecule has 6 heteroatoms. The van der Waals surface area contributed by atoms with Gasteiger partial charge in [0.1, 0.15) is 10.00 Å². The number of ether oxygens (including phenoxy) is 2. The number of thiocarbonyl (C=S) groups is 1. The smallest absolute Gasteiger partial charge is 0.161 e. The average Bonchev–Trinajstić information content (AvgIpc) is 2.95. The molecule has 2 N–H and O–H groups in total. The van der Waals surface area contributed by atoms with Gasteiger partial charge in [0.2, 0.25) is 0 Å². The predicted molar refractivity (Wildman–Crippen MR) is 85.8 cm³/mol. The summed E-state index contributed by atoms with van der Waals surface area (Å²) >= 11 is 6.41. The molecular formula is C14H16N2O2S2. The summed E-state index contributed by atoms with van der Waals surface area (Å²) in [5.74, 6) is 1.44. The predicted octanol–water partition coefficient (Wildman–Crippen LogP) is 3.24. The molecule has 106 valence electrons. The Kier molecular flexibility index (Phi) is 4.92. The molecule has 0 atom stereocenters. The molecule has 0 aliphatic rings. The lowest BCUT2D eigenvalue weighted by atomic mass is 10.2. The fourth-order valence-corrected chi connectivity index (χ4v) is 2.60. The van der Waals surface area contributed by atoms with Crippen LogP contribution < -0.4 is 15.2 Å². The molecule has 0 unspecified atom stereocenters. The fourth-order valence-electron chi connectivity index (χ4n) is 1.65. The Morgan fingerprint density at radius 3 is 2.80 bits per heavy atom. The van der Waals surface area contributed by atoms with E-state index in [-0.39, 0.29) is 0 Å². The van der Waals surface area contributed by atoms with Crippen LogP contribution in [0.4, 0.5) is 0 Å². The van der Waals surface area contributed by atoms with E-state index in [0.29, 0.717) is 17.3 Å². The molecule has 0 fully saturated rings. The van der Waals surface area contributed by atoms with Gasteiger partial charge in [-0.15, -0.1) is 11.3 Å². The van der Waals surface area contributed by atoms with Crippen LogP contribution in [0.1, 0.15) is 18.2 Å². The highest BCUT2D eigenvalue weighted by Crippen LogP contribution is 2.34. The zero-order valence-corrected chi connectivity index (χ0v) is 13.0. The van der Waals surface area contributed by atoms with Crippen molar-refractivity contribution in [2.24, 2.45) is 5.73 Å². The summed E-state index contributed by atoms with van der Waals surface area (Å²) in [4.78, 5) is 5.50. The van der Waals surface area contributed by atoms with Crippen molar-refractivity contribution in [3.63, 3.8) is 0 Å². The number of nitrogens with zero attached hydrogens (tertiary/aromatic N) is 1. The van der Waals surface area contributed by atoms with Crippen molar-refractivity contribution in [2.75, 3.05) is 13.7 Å². The van der Waals surface area contributed by atoms with Gasteiger partial charge in [-0.05, 0) is 24.6 Å². The molecule has 0 spiro atoms. The van der Waals surface area contributed by atoms with Gasteiger partial charge < -0.3 is 15.2 Å². The van der Waals surface area contributed by atoms with Crippen molar-refractivity contribution < 1.29 is 9.47 Å². The van der Waals surface area contributed by atoms with Crippen LogP contribution in [0.3, 0.4) is 0 Å². The Bertz CT molecular complexity index is 611. The lowest BCUT2D eigenvalue weighted by molar-refractivity contribution is 0.294. The van der Waals surface area contributed by atoms with Crippen LogP contribution in [0.25, 0.3) is 10.6 Å². The minimum atomic E-state index is 0.364. The third-order valence-electron chi connectivity index (χ3n) is 2.62. The minimum absolute atomic E-state index is 0.364. The summed E-state index contributed by atoms with van der Waals surface area (Å²) in [6, 6.07) is 5.76. The molecule has 0 aliphatic heterocycles. The summed E-state index contributed by atoms with van der Waals surface area (Å²) in [5, 5.41) is 0.855. The van der Waals surface area contributed by atoms with Gasteiger partial charge >= 0.3 is 0 Å². The van der Waals surface area contributed by atoms with Crippen LogP contribution in [0, 0.1) is 0 Å². The van der Waals surface area contributed by atoms with Gasteiger partial charge in [-0.1, -0.05) is 19.1 Å². The van der Waals surface area contributed by atoms with Gasteiger partial charge in [-0.25, -0.2) is 4.98 Å². The first kappa shape index (κ1) is 14.7. The highest BCUT2D eigenvalue weighted by atomic mass is 32.1. The standard InChI is InChI=1S/C14H16N2O2S2/c1-3-6-18-10-5-4-9(7-11(10)17-2)14-16-8-12(20-14)13(15)19/h4-5,7-8H,3,6H2,1-2H3,(H2,15,19). The number of nitrogens with two attached hydrogens (primary N) is 1. The number of methoxy groups -OCH3 is 1. The molecule has 0 bridgehead atoms. The first-order valence-corrected chi connectivity index (χ1v) is 7.45. The number of aromatic nitrogens is 1. The first-order valence-electron chi connectivity index (χ1n) is 6.22. The molecule has 0 aliphatic carbocycles. The molecule has 1 aromatic heterocycles. The number of benzene rings is 1. The van der Waals surface area contributed by atoms with E-state index in [2.05, 4.69) is 11.9 Å². The van der Waals surface area contributed by atoms with Gasteiger partial charge in [0, 0.05) is 11.8 Å². The molecule has 0 saturated carbocycles. The maximum absolute atomic E-state index is 5.63. The van der Waals surface area contributed by atoms with Crippen LogP contribution >= 0.6 is 23.6 Å². The van der Waals surface area contributed by atoms with Crippen molar-refractivity contribution in [1.82, 2.24) is 4.98 Å². The van der Waals surface area contributed by atoms with E-state index < -0.39 is 0 Å². The van der Waals surface area contributed by atoms with E-state index in [9.17, 15) is 0 Å². The van der Waals surface area contributed by atoms with Crippen molar-refractivity contribution in [2.45, 2.75) is 13.3 Å². The second-order valence-corrected chi connectivity index (χ2v) is 5.58. The van der Waals surface area contributed by atoms with E-state index in [1.54, 1.807) is 13.3 Å². The monoisotopic (exact) mass is 308 g/mol. The quantitative estimate of drug-likeness (QED) is 0.830. The van der Waals surface area contributed by atoms with Crippen molar-refractivity contribution in [1.29, 1.82) is 0 Å². The zero-order valence-electron chi connectivity index (χ0n) is 11.4. The Labute approximate surface area is 127 Å². The average molecular weight is 308 g/mol. The normalized spacial score (nSPS) is 10.3. The van der Waals surface area contributed by atoms with Crippen molar-refractivity contribution in [3.8, 4) is 22.1 Å². The third kappa shape index (κ3) is 3.26. The number of rotatable bonds is 6. The van der Waals surface area contributed by atoms with Crippen LogP contribution in [0.15, 0.2) is 24.4 Å². The van der Waals surface area contributed by atoms with Crippen molar-refractivity contribution >= 4 is 28.5 Å². The minimum Gasteiger partial charge on any atom is -0.493 e. The second kappa shape index (κ2) is 6.67. The lowest BCUT2D eigenvalue weighted by Crippen LogP contribution is -2.06. The largest absolute Gasteiger partial charge is 0.493 e. The molecular weight excluding hydrogens is 292 g/mol. The highest BCUT2D eigenvalue weighted by Gasteiger charge is 2.10. The van der Waals surface area contributed by atoms with Crippen LogP contribution in [-0.4, -0.2) is 23.7 Å². The van der Waals surface area contributed by atoms with Crippen molar-refractivity contribution in [3.05, 3.63) is 29.3 Å². The Morgan fingerprint density at radius 1 is 1.40 bits per heavy atom. The Hall–Kier alpha value is -1.66. The topological polar surface area (TPSA) is 57.4 Å². The Morgan fingerprint density at radius 2 is 2.20 bits per heavy atom. The van der Waals surface area contributed by atoms with E-state index >= 15 is 0 Å². The van der Waals surface area contributed by atoms with Crippen LogP contribution in [-0.2, 0) is 0 Å². The van der Waals surface area contributed by atoms with E-state index in [4.69, 9.17) is 27.4 Å². The van der Waals surface area contributed by atoms with Crippen LogP contribution in [0.5, 0.6) is 11.5 Å². The summed E-state index contributed by atoms with van der Waals surface area (Å²) in [6.07, 6.45) is 2.64. The molecule has 20 heavy (non-hydrogen) atoms. The molecule has 0 amide bonds. The van der Waals surface area contributed by atoms with Gasteiger partial charge in [-0.2, -0.15) is 0 Å². The molecule has 1 aromatic carbocycles. The Balaban J connectivity index is 2.30. The van der Waals surface area contributed by atoms with Gasteiger partial charge in [0.15, 0.2) is 11.5 Å². The van der Waals surface area contributed by atoms with E-state index in [1.165, 1.54) is 11.3 Å². The SMILES string of the molecule is CCCOc1ccc(-c2ncc(C(N)=S)s2)cc1OC. The van der Waals surface area contributed by atoms with Gasteiger partial charge in [0.25, 0.3) is 0 Å². The highest BCUT2D eigenvalue weighted by molar-refractivity contribution is 7.81. The van der Waals surface area contributed by atoms with Gasteiger partial charge in [0.05, 0.1) is 18.6 Å².